The molecule has 158 valence electrons. The van der Waals surface area contributed by atoms with Crippen LogP contribution in [0.1, 0.15) is 5.69 Å². The van der Waals surface area contributed by atoms with Crippen molar-refractivity contribution >= 4 is 29.0 Å². The number of anilines is 1. The molecule has 2 aromatic heterocycles. The van der Waals surface area contributed by atoms with Crippen LogP contribution >= 0.6 is 11.8 Å². The average Bonchev–Trinajstić information content (AvgIpc) is 3.18. The molecule has 0 unspecified atom stereocenters. The van der Waals surface area contributed by atoms with E-state index in [1.807, 2.05) is 37.3 Å². The maximum atomic E-state index is 13.8. The maximum Gasteiger partial charge on any atom is 0.234 e. The van der Waals surface area contributed by atoms with Gasteiger partial charge in [0.1, 0.15) is 22.4 Å². The van der Waals surface area contributed by atoms with Crippen LogP contribution in [0.3, 0.4) is 0 Å². The van der Waals surface area contributed by atoms with Crippen LogP contribution in [0.2, 0.25) is 0 Å². The summed E-state index contributed by atoms with van der Waals surface area (Å²) >= 11 is 1.25. The van der Waals surface area contributed by atoms with E-state index in [-0.39, 0.29) is 11.4 Å². The molecule has 2 aromatic carbocycles. The van der Waals surface area contributed by atoms with Gasteiger partial charge in [0, 0.05) is 17.3 Å². The van der Waals surface area contributed by atoms with Gasteiger partial charge < -0.3 is 10.1 Å². The predicted octanol–water partition coefficient (Wildman–Crippen LogP) is 4.72. The first kappa shape index (κ1) is 20.8. The Morgan fingerprint density at radius 2 is 1.94 bits per heavy atom. The second-order valence-corrected chi connectivity index (χ2v) is 7.71. The van der Waals surface area contributed by atoms with Crippen LogP contribution in [0, 0.1) is 18.6 Å². The molecule has 0 aliphatic carbocycles. The molecule has 0 radical (unpaired) electrons. The Hall–Kier alpha value is -3.46. The van der Waals surface area contributed by atoms with Gasteiger partial charge in [-0.1, -0.05) is 23.9 Å². The van der Waals surface area contributed by atoms with Crippen molar-refractivity contribution in [1.29, 1.82) is 0 Å². The van der Waals surface area contributed by atoms with Crippen LogP contribution in [0.4, 0.5) is 14.5 Å². The number of fused-ring (bicyclic) bond motifs is 1. The van der Waals surface area contributed by atoms with Crippen molar-refractivity contribution in [3.8, 4) is 16.9 Å². The topological polar surface area (TPSA) is 68.5 Å². The van der Waals surface area contributed by atoms with Gasteiger partial charge in [-0.3, -0.25) is 4.79 Å². The summed E-state index contributed by atoms with van der Waals surface area (Å²) in [6, 6.07) is 12.4. The van der Waals surface area contributed by atoms with Gasteiger partial charge in [0.15, 0.2) is 5.65 Å². The fraction of sp³-hybridized carbons (Fsp3) is 0.136. The number of thioether (sulfide) groups is 1. The van der Waals surface area contributed by atoms with E-state index in [0.717, 1.165) is 39.7 Å². The molecule has 0 fully saturated rings. The molecule has 0 atom stereocenters. The third kappa shape index (κ3) is 4.51. The van der Waals surface area contributed by atoms with Gasteiger partial charge in [0.05, 0.1) is 24.7 Å². The van der Waals surface area contributed by atoms with Gasteiger partial charge in [-0.15, -0.1) is 0 Å². The Bertz CT molecular complexity index is 1260. The molecule has 31 heavy (non-hydrogen) atoms. The normalized spacial score (nSPS) is 11.0. The van der Waals surface area contributed by atoms with Crippen molar-refractivity contribution in [3.63, 3.8) is 0 Å². The summed E-state index contributed by atoms with van der Waals surface area (Å²) in [7, 11) is 1.61. The Balaban J connectivity index is 1.55. The van der Waals surface area contributed by atoms with Gasteiger partial charge in [0.2, 0.25) is 5.91 Å². The molecule has 6 nitrogen and oxygen atoms in total. The van der Waals surface area contributed by atoms with Crippen LogP contribution in [0.15, 0.2) is 59.8 Å². The van der Waals surface area contributed by atoms with Gasteiger partial charge in [-0.2, -0.15) is 5.10 Å². The number of nitrogens with one attached hydrogen (secondary N) is 1. The maximum absolute atomic E-state index is 13.8. The SMILES string of the molecule is COc1ccc(-c2cnn3c(SCC(=O)Nc4ccc(F)cc4F)cc(C)nc23)cc1. The second kappa shape index (κ2) is 8.73. The molecule has 9 heteroatoms. The van der Waals surface area contributed by atoms with Crippen LogP contribution in [-0.4, -0.2) is 33.4 Å². The Labute approximate surface area is 181 Å². The quantitative estimate of drug-likeness (QED) is 0.347. The minimum atomic E-state index is -0.822. The summed E-state index contributed by atoms with van der Waals surface area (Å²) in [4.78, 5) is 16.9. The molecule has 1 N–H and O–H groups in total. The summed E-state index contributed by atoms with van der Waals surface area (Å²) in [5, 5.41) is 7.61. The summed E-state index contributed by atoms with van der Waals surface area (Å²) in [5.74, 6) is -1.17. The number of ether oxygens (including phenoxy) is 1. The standard InChI is InChI=1S/C22H18F2N4O2S/c1-13-9-21(31-12-20(29)27-19-8-5-15(23)10-18(19)24)28-22(26-13)17(11-25-28)14-3-6-16(30-2)7-4-14/h3-11H,12H2,1-2H3,(H,27,29). The fourth-order valence-electron chi connectivity index (χ4n) is 3.04. The van der Waals surface area contributed by atoms with Crippen LogP contribution in [-0.2, 0) is 4.79 Å². The van der Waals surface area contributed by atoms with Crippen LogP contribution in [0.25, 0.3) is 16.8 Å². The van der Waals surface area contributed by atoms with Crippen LogP contribution in [0.5, 0.6) is 5.75 Å². The first-order valence-corrected chi connectivity index (χ1v) is 10.3. The first-order valence-electron chi connectivity index (χ1n) is 9.32. The van der Waals surface area contributed by atoms with Crippen molar-refractivity contribution in [2.45, 2.75) is 11.9 Å². The molecule has 0 saturated heterocycles. The highest BCUT2D eigenvalue weighted by Crippen LogP contribution is 2.29. The summed E-state index contributed by atoms with van der Waals surface area (Å²) in [6.07, 6.45) is 1.72. The predicted molar refractivity (Wildman–Crippen MR) is 115 cm³/mol. The lowest BCUT2D eigenvalue weighted by Crippen LogP contribution is -2.15. The molecule has 2 heterocycles. The number of aryl methyl sites for hydroxylation is 1. The van der Waals surface area contributed by atoms with Crippen molar-refractivity contribution in [2.75, 3.05) is 18.2 Å². The Morgan fingerprint density at radius 3 is 2.65 bits per heavy atom. The molecule has 4 rings (SSSR count). The van der Waals surface area contributed by atoms with E-state index in [1.54, 1.807) is 17.8 Å². The average molecular weight is 440 g/mol. The van der Waals surface area contributed by atoms with Gasteiger partial charge >= 0.3 is 0 Å². The zero-order chi connectivity index (χ0) is 22.0. The molecule has 0 saturated carbocycles. The number of rotatable bonds is 6. The lowest BCUT2D eigenvalue weighted by Gasteiger charge is -2.08. The molecule has 0 bridgehead atoms. The van der Waals surface area contributed by atoms with Crippen LogP contribution < -0.4 is 10.1 Å². The first-order chi connectivity index (χ1) is 14.9. The molecule has 4 aromatic rings. The molecular formula is C22H18F2N4O2S. The molecule has 0 aliphatic heterocycles. The van der Waals surface area contributed by atoms with E-state index >= 15 is 0 Å². The number of aromatic nitrogens is 3. The molecule has 0 spiro atoms. The van der Waals surface area contributed by atoms with E-state index in [9.17, 15) is 13.6 Å². The zero-order valence-corrected chi connectivity index (χ0v) is 17.5. The largest absolute Gasteiger partial charge is 0.497 e. The fourth-order valence-corrected chi connectivity index (χ4v) is 3.90. The summed E-state index contributed by atoms with van der Waals surface area (Å²) < 4.78 is 33.7. The number of methoxy groups -OCH3 is 1. The lowest BCUT2D eigenvalue weighted by atomic mass is 10.1. The minimum absolute atomic E-state index is 0.0209. The van der Waals surface area contributed by atoms with Crippen molar-refractivity contribution in [2.24, 2.45) is 0 Å². The Morgan fingerprint density at radius 1 is 1.16 bits per heavy atom. The number of benzene rings is 2. The molecule has 1 amide bonds. The van der Waals surface area contributed by atoms with E-state index in [2.05, 4.69) is 15.4 Å². The third-order valence-corrected chi connectivity index (χ3v) is 5.52. The summed E-state index contributed by atoms with van der Waals surface area (Å²) in [6.45, 7) is 1.86. The Kier molecular flexibility index (Phi) is 5.85. The molecular weight excluding hydrogens is 422 g/mol. The number of hydrogen-bond donors (Lipinski definition) is 1. The van der Waals surface area contributed by atoms with E-state index in [1.165, 1.54) is 17.8 Å². The number of carbonyl (C=O) groups is 1. The number of amides is 1. The van der Waals surface area contributed by atoms with E-state index in [4.69, 9.17) is 4.74 Å². The van der Waals surface area contributed by atoms with Crippen molar-refractivity contribution < 1.29 is 18.3 Å². The monoisotopic (exact) mass is 440 g/mol. The number of halogens is 2. The second-order valence-electron chi connectivity index (χ2n) is 6.72. The highest BCUT2D eigenvalue weighted by Gasteiger charge is 2.14. The number of hydrogen-bond acceptors (Lipinski definition) is 5. The van der Waals surface area contributed by atoms with E-state index in [0.29, 0.717) is 5.65 Å². The van der Waals surface area contributed by atoms with E-state index < -0.39 is 17.5 Å². The van der Waals surface area contributed by atoms with Gasteiger partial charge in [-0.05, 0) is 42.8 Å². The third-order valence-electron chi connectivity index (χ3n) is 4.52. The van der Waals surface area contributed by atoms with Crippen molar-refractivity contribution in [3.05, 3.63) is 72.1 Å². The highest BCUT2D eigenvalue weighted by molar-refractivity contribution is 7.99. The van der Waals surface area contributed by atoms with Gasteiger partial charge in [0.25, 0.3) is 0 Å². The zero-order valence-electron chi connectivity index (χ0n) is 16.7. The number of nitrogens with zero attached hydrogens (tertiary/aromatic N) is 3. The number of carbonyl (C=O) groups excluding carboxylic acids is 1. The summed E-state index contributed by atoms with van der Waals surface area (Å²) in [5.41, 5.74) is 3.16. The van der Waals surface area contributed by atoms with Gasteiger partial charge in [-0.25, -0.2) is 18.3 Å². The minimum Gasteiger partial charge on any atom is -0.497 e. The van der Waals surface area contributed by atoms with Crippen molar-refractivity contribution in [1.82, 2.24) is 14.6 Å². The highest BCUT2D eigenvalue weighted by atomic mass is 32.2. The lowest BCUT2D eigenvalue weighted by molar-refractivity contribution is -0.113. The molecule has 0 aliphatic rings. The smallest absolute Gasteiger partial charge is 0.234 e.